The van der Waals surface area contributed by atoms with Crippen molar-refractivity contribution < 1.29 is 28.3 Å². The number of carbonyl (C=O) groups excluding carboxylic acids is 4. The number of rotatable bonds is 5. The Morgan fingerprint density at radius 2 is 1.94 bits per heavy atom. The molecule has 1 unspecified atom stereocenters. The highest BCUT2D eigenvalue weighted by molar-refractivity contribution is 6.05. The van der Waals surface area contributed by atoms with E-state index in [0.717, 1.165) is 11.3 Å². The number of imide groups is 1. The number of nitrogens with one attached hydrogen (secondary N) is 2. The molecule has 2 aliphatic heterocycles. The van der Waals surface area contributed by atoms with E-state index in [1.54, 1.807) is 18.3 Å². The molecule has 1 atom stereocenters. The van der Waals surface area contributed by atoms with Crippen molar-refractivity contribution in [3.05, 3.63) is 83.3 Å². The van der Waals surface area contributed by atoms with Gasteiger partial charge < -0.3 is 9.64 Å². The molecule has 2 N–H and O–H groups in total. The smallest absolute Gasteiger partial charge is 0.411 e. The zero-order valence-electron chi connectivity index (χ0n) is 19.0. The molecule has 2 aromatic carbocycles. The average molecular weight is 488 g/mol. The minimum atomic E-state index is -0.837. The molecule has 0 radical (unpaired) electrons. The minimum Gasteiger partial charge on any atom is -0.444 e. The Bertz CT molecular complexity index is 1360. The topological polar surface area (TPSA) is 118 Å². The van der Waals surface area contributed by atoms with Gasteiger partial charge in [-0.1, -0.05) is 18.2 Å². The molecule has 0 saturated carbocycles. The molecule has 4 amide bonds. The Morgan fingerprint density at radius 1 is 1.14 bits per heavy atom. The predicted molar refractivity (Wildman–Crippen MR) is 126 cm³/mol. The van der Waals surface area contributed by atoms with E-state index in [4.69, 9.17) is 4.74 Å². The summed E-state index contributed by atoms with van der Waals surface area (Å²) in [5, 5.41) is 4.81. The van der Waals surface area contributed by atoms with Crippen LogP contribution >= 0.6 is 0 Å². The maximum absolute atomic E-state index is 14.8. The summed E-state index contributed by atoms with van der Waals surface area (Å²) in [7, 11) is 0. The van der Waals surface area contributed by atoms with E-state index in [-0.39, 0.29) is 37.1 Å². The second-order valence-electron chi connectivity index (χ2n) is 8.50. The van der Waals surface area contributed by atoms with Crippen molar-refractivity contribution in [2.75, 3.05) is 5.32 Å². The van der Waals surface area contributed by atoms with Gasteiger partial charge in [-0.2, -0.15) is 0 Å². The lowest BCUT2D eigenvalue weighted by molar-refractivity contribution is -0.136. The highest BCUT2D eigenvalue weighted by atomic mass is 19.1. The molecule has 1 saturated heterocycles. The molecular formula is C26H21FN4O5. The zero-order valence-corrected chi connectivity index (χ0v) is 19.0. The van der Waals surface area contributed by atoms with Crippen LogP contribution in [0.25, 0.3) is 11.3 Å². The SMILES string of the molecule is O=C1CCC(N2Cc3c(F)cc(COC(=O)Nc4ccc(-c5ccccn5)cc4)cc3C2=O)C(=O)N1. The fourth-order valence-electron chi connectivity index (χ4n) is 4.32. The average Bonchev–Trinajstić information content (AvgIpc) is 3.20. The minimum absolute atomic E-state index is 0.0671. The maximum atomic E-state index is 14.8. The number of fused-ring (bicyclic) bond motifs is 1. The Balaban J connectivity index is 1.21. The predicted octanol–water partition coefficient (Wildman–Crippen LogP) is 3.40. The van der Waals surface area contributed by atoms with Gasteiger partial charge in [-0.05, 0) is 48.4 Å². The van der Waals surface area contributed by atoms with Crippen molar-refractivity contribution >= 4 is 29.5 Å². The molecule has 182 valence electrons. The monoisotopic (exact) mass is 488 g/mol. The number of ether oxygens (including phenoxy) is 1. The van der Waals surface area contributed by atoms with Gasteiger partial charge in [-0.15, -0.1) is 0 Å². The number of nitrogens with zero attached hydrogens (tertiary/aromatic N) is 2. The first-order valence-electron chi connectivity index (χ1n) is 11.3. The first kappa shape index (κ1) is 23.2. The Hall–Kier alpha value is -4.60. The molecule has 1 fully saturated rings. The van der Waals surface area contributed by atoms with E-state index in [9.17, 15) is 23.6 Å². The molecule has 2 aliphatic rings. The van der Waals surface area contributed by atoms with E-state index in [0.29, 0.717) is 11.3 Å². The van der Waals surface area contributed by atoms with Crippen LogP contribution < -0.4 is 10.6 Å². The number of halogens is 1. The molecule has 0 bridgehead atoms. The van der Waals surface area contributed by atoms with Gasteiger partial charge in [-0.25, -0.2) is 9.18 Å². The largest absolute Gasteiger partial charge is 0.444 e. The third-order valence-electron chi connectivity index (χ3n) is 6.12. The maximum Gasteiger partial charge on any atom is 0.411 e. The molecule has 1 aromatic heterocycles. The van der Waals surface area contributed by atoms with Crippen LogP contribution in [-0.2, 0) is 27.5 Å². The van der Waals surface area contributed by atoms with E-state index in [2.05, 4.69) is 15.6 Å². The summed E-state index contributed by atoms with van der Waals surface area (Å²) in [4.78, 5) is 54.3. The lowest BCUT2D eigenvalue weighted by atomic mass is 10.0. The Kier molecular flexibility index (Phi) is 6.16. The summed E-state index contributed by atoms with van der Waals surface area (Å²) < 4.78 is 20.0. The number of amides is 4. The molecule has 0 aliphatic carbocycles. The zero-order chi connectivity index (χ0) is 25.2. The molecule has 0 spiro atoms. The van der Waals surface area contributed by atoms with Gasteiger partial charge in [0.2, 0.25) is 11.8 Å². The van der Waals surface area contributed by atoms with Crippen LogP contribution in [0.5, 0.6) is 0 Å². The Labute approximate surface area is 205 Å². The molecular weight excluding hydrogens is 467 g/mol. The second-order valence-corrected chi connectivity index (χ2v) is 8.50. The van der Waals surface area contributed by atoms with Crippen molar-refractivity contribution in [3.63, 3.8) is 0 Å². The molecule has 5 rings (SSSR count). The second kappa shape index (κ2) is 9.57. The van der Waals surface area contributed by atoms with Crippen LogP contribution in [-0.4, -0.2) is 39.7 Å². The molecule has 3 heterocycles. The first-order valence-corrected chi connectivity index (χ1v) is 11.3. The van der Waals surface area contributed by atoms with Crippen molar-refractivity contribution in [3.8, 4) is 11.3 Å². The van der Waals surface area contributed by atoms with Gasteiger partial charge in [-0.3, -0.25) is 30.0 Å². The normalized spacial score (nSPS) is 17.0. The summed E-state index contributed by atoms with van der Waals surface area (Å²) in [6.07, 6.45) is 1.25. The number of benzene rings is 2. The molecule has 3 aromatic rings. The molecule has 10 heteroatoms. The molecule has 9 nitrogen and oxygen atoms in total. The third-order valence-corrected chi connectivity index (χ3v) is 6.12. The number of pyridine rings is 1. The summed E-state index contributed by atoms with van der Waals surface area (Å²) in [5.74, 6) is -2.09. The molecule has 36 heavy (non-hydrogen) atoms. The van der Waals surface area contributed by atoms with Crippen molar-refractivity contribution in [2.45, 2.75) is 32.0 Å². The summed E-state index contributed by atoms with van der Waals surface area (Å²) in [6.45, 7) is -0.323. The number of piperidine rings is 1. The van der Waals surface area contributed by atoms with Gasteiger partial charge in [0.25, 0.3) is 5.91 Å². The van der Waals surface area contributed by atoms with Gasteiger partial charge in [0, 0.05) is 35.0 Å². The summed E-state index contributed by atoms with van der Waals surface area (Å²) >= 11 is 0. The number of anilines is 1. The lowest BCUT2D eigenvalue weighted by Crippen LogP contribution is -2.52. The van der Waals surface area contributed by atoms with E-state index in [1.165, 1.54) is 17.0 Å². The van der Waals surface area contributed by atoms with Gasteiger partial charge >= 0.3 is 6.09 Å². The summed E-state index contributed by atoms with van der Waals surface area (Å²) in [5.41, 5.74) is 2.78. The number of hydrogen-bond donors (Lipinski definition) is 2. The fourth-order valence-corrected chi connectivity index (χ4v) is 4.32. The third kappa shape index (κ3) is 4.65. The van der Waals surface area contributed by atoms with Crippen molar-refractivity contribution in [1.82, 2.24) is 15.2 Å². The Morgan fingerprint density at radius 3 is 2.67 bits per heavy atom. The van der Waals surface area contributed by atoms with Crippen LogP contribution in [0.15, 0.2) is 60.8 Å². The fraction of sp³-hybridized carbons (Fsp3) is 0.192. The summed E-state index contributed by atoms with van der Waals surface area (Å²) in [6, 6.07) is 14.5. The van der Waals surface area contributed by atoms with E-state index >= 15 is 0 Å². The first-order chi connectivity index (χ1) is 17.4. The van der Waals surface area contributed by atoms with Gasteiger partial charge in [0.05, 0.1) is 12.2 Å². The number of carbonyl (C=O) groups is 4. The number of aromatic nitrogens is 1. The number of hydrogen-bond acceptors (Lipinski definition) is 6. The van der Waals surface area contributed by atoms with Crippen LogP contribution in [0.2, 0.25) is 0 Å². The van der Waals surface area contributed by atoms with Crippen LogP contribution in [0.4, 0.5) is 14.9 Å². The quantitative estimate of drug-likeness (QED) is 0.532. The van der Waals surface area contributed by atoms with E-state index in [1.807, 2.05) is 30.3 Å². The van der Waals surface area contributed by atoms with Crippen LogP contribution in [0, 0.1) is 5.82 Å². The highest BCUT2D eigenvalue weighted by Crippen LogP contribution is 2.30. The van der Waals surface area contributed by atoms with Gasteiger partial charge in [0.1, 0.15) is 18.5 Å². The van der Waals surface area contributed by atoms with Gasteiger partial charge in [0.15, 0.2) is 0 Å². The van der Waals surface area contributed by atoms with Crippen molar-refractivity contribution in [2.24, 2.45) is 0 Å². The van der Waals surface area contributed by atoms with Crippen LogP contribution in [0.1, 0.15) is 34.3 Å². The standard InChI is InChI=1S/C26H21FN4O5/c27-20-12-15(11-18-19(20)13-31(25(18)34)22-8-9-23(32)30-24(22)33)14-36-26(35)29-17-6-4-16(5-7-17)21-3-1-2-10-28-21/h1-7,10-12,22H,8-9,13-14H2,(H,29,35)(H,30,32,33). The van der Waals surface area contributed by atoms with Crippen molar-refractivity contribution in [1.29, 1.82) is 0 Å². The highest BCUT2D eigenvalue weighted by Gasteiger charge is 2.40. The van der Waals surface area contributed by atoms with Crippen LogP contribution in [0.3, 0.4) is 0 Å². The van der Waals surface area contributed by atoms with E-state index < -0.39 is 35.7 Å². The lowest BCUT2D eigenvalue weighted by Gasteiger charge is -2.29.